The molecule has 1 nitrogen and oxygen atoms in total. The average Bonchev–Trinajstić information content (AvgIpc) is 1.93. The SMILES string of the molecule is ClC1=CC=CNC1(Cl)C(Cl)(Cl)Cl. The molecular weight excluding hydrogens is 263 g/mol. The van der Waals surface area contributed by atoms with Crippen LogP contribution >= 0.6 is 58.0 Å². The summed E-state index contributed by atoms with van der Waals surface area (Å²) < 4.78 is -1.70. The quantitative estimate of drug-likeness (QED) is 0.523. The smallest absolute Gasteiger partial charge is 0.232 e. The van der Waals surface area contributed by atoms with Crippen LogP contribution in [0.4, 0.5) is 0 Å². The second kappa shape index (κ2) is 3.47. The lowest BCUT2D eigenvalue weighted by Gasteiger charge is -2.34. The highest BCUT2D eigenvalue weighted by molar-refractivity contribution is 6.72. The summed E-state index contributed by atoms with van der Waals surface area (Å²) in [6, 6.07) is 0. The van der Waals surface area contributed by atoms with Crippen LogP contribution in [0.1, 0.15) is 0 Å². The molecule has 1 aliphatic heterocycles. The Labute approximate surface area is 95.2 Å². The first-order chi connectivity index (χ1) is 5.38. The van der Waals surface area contributed by atoms with E-state index in [9.17, 15) is 0 Å². The molecule has 1 unspecified atom stereocenters. The van der Waals surface area contributed by atoms with Crippen LogP contribution in [0.25, 0.3) is 0 Å². The molecule has 68 valence electrons. The van der Waals surface area contributed by atoms with Crippen molar-refractivity contribution in [2.45, 2.75) is 8.79 Å². The number of dihydropyridines is 1. The van der Waals surface area contributed by atoms with E-state index in [0.29, 0.717) is 0 Å². The zero-order valence-corrected chi connectivity index (χ0v) is 9.40. The fourth-order valence-electron chi connectivity index (χ4n) is 0.697. The average molecular weight is 267 g/mol. The number of rotatable bonds is 0. The number of allylic oxidation sites excluding steroid dienone is 2. The van der Waals surface area contributed by atoms with Crippen molar-refractivity contribution in [2.24, 2.45) is 0 Å². The van der Waals surface area contributed by atoms with Crippen LogP contribution in [0.2, 0.25) is 0 Å². The summed E-state index contributed by atoms with van der Waals surface area (Å²) in [4.78, 5) is -1.37. The van der Waals surface area contributed by atoms with Crippen molar-refractivity contribution in [2.75, 3.05) is 0 Å². The molecule has 1 atom stereocenters. The Morgan fingerprint density at radius 3 is 2.25 bits per heavy atom. The van der Waals surface area contributed by atoms with Crippen molar-refractivity contribution in [1.82, 2.24) is 5.32 Å². The Balaban J connectivity index is 3.01. The van der Waals surface area contributed by atoms with E-state index in [1.165, 1.54) is 0 Å². The number of alkyl halides is 4. The van der Waals surface area contributed by atoms with Crippen molar-refractivity contribution in [3.05, 3.63) is 23.4 Å². The van der Waals surface area contributed by atoms with Gasteiger partial charge in [0, 0.05) is 0 Å². The standard InChI is InChI=1S/C6H4Cl5N/c7-4-2-1-3-12-5(4,8)6(9,10)11/h1-3,12H. The van der Waals surface area contributed by atoms with Crippen LogP contribution in [0.15, 0.2) is 23.4 Å². The van der Waals surface area contributed by atoms with Crippen LogP contribution in [0.5, 0.6) is 0 Å². The highest BCUT2D eigenvalue weighted by atomic mass is 35.6. The highest BCUT2D eigenvalue weighted by Gasteiger charge is 2.50. The molecule has 0 spiro atoms. The molecule has 0 radical (unpaired) electrons. The summed E-state index contributed by atoms with van der Waals surface area (Å²) in [5.74, 6) is 0. The minimum absolute atomic E-state index is 0.242. The van der Waals surface area contributed by atoms with E-state index in [-0.39, 0.29) is 5.03 Å². The summed E-state index contributed by atoms with van der Waals surface area (Å²) in [5, 5.41) is 2.92. The van der Waals surface area contributed by atoms with Crippen LogP contribution in [0, 0.1) is 0 Å². The topological polar surface area (TPSA) is 12.0 Å². The maximum Gasteiger partial charge on any atom is 0.232 e. The van der Waals surface area contributed by atoms with E-state index in [4.69, 9.17) is 58.0 Å². The molecule has 12 heavy (non-hydrogen) atoms. The van der Waals surface area contributed by atoms with Crippen molar-refractivity contribution in [3.63, 3.8) is 0 Å². The summed E-state index contributed by atoms with van der Waals surface area (Å²) in [5.41, 5.74) is 0. The van der Waals surface area contributed by atoms with Gasteiger partial charge in [0.2, 0.25) is 3.79 Å². The zero-order valence-electron chi connectivity index (χ0n) is 5.62. The van der Waals surface area contributed by atoms with Crippen LogP contribution < -0.4 is 5.32 Å². The first-order valence-corrected chi connectivity index (χ1v) is 4.83. The largest absolute Gasteiger partial charge is 0.365 e. The van der Waals surface area contributed by atoms with Gasteiger partial charge in [0.15, 0.2) is 5.00 Å². The fourth-order valence-corrected chi connectivity index (χ4v) is 1.71. The van der Waals surface area contributed by atoms with E-state index < -0.39 is 8.79 Å². The molecule has 0 amide bonds. The van der Waals surface area contributed by atoms with Gasteiger partial charge < -0.3 is 5.32 Å². The zero-order chi connectivity index (χ0) is 9.41. The third-order valence-corrected chi connectivity index (χ3v) is 3.58. The molecule has 0 bridgehead atoms. The predicted octanol–water partition coefficient (Wildman–Crippen LogP) is 3.53. The van der Waals surface area contributed by atoms with Crippen molar-refractivity contribution in [1.29, 1.82) is 0 Å². The molecule has 6 heteroatoms. The molecule has 0 aliphatic carbocycles. The second-order valence-electron chi connectivity index (χ2n) is 2.17. The van der Waals surface area contributed by atoms with E-state index in [1.807, 2.05) is 0 Å². The van der Waals surface area contributed by atoms with Crippen molar-refractivity contribution in [3.8, 4) is 0 Å². The second-order valence-corrected chi connectivity index (χ2v) is 5.43. The van der Waals surface area contributed by atoms with E-state index in [2.05, 4.69) is 5.32 Å². The maximum absolute atomic E-state index is 5.94. The summed E-state index contributed by atoms with van der Waals surface area (Å²) in [6.45, 7) is 0. The molecular formula is C6H4Cl5N. The molecule has 0 aromatic rings. The predicted molar refractivity (Wildman–Crippen MR) is 55.1 cm³/mol. The van der Waals surface area contributed by atoms with E-state index in [0.717, 1.165) is 0 Å². The Kier molecular flexibility index (Phi) is 3.12. The summed E-state index contributed by atoms with van der Waals surface area (Å²) >= 11 is 28.6. The van der Waals surface area contributed by atoms with Gasteiger partial charge in [-0.1, -0.05) is 58.0 Å². The molecule has 0 aromatic heterocycles. The van der Waals surface area contributed by atoms with Crippen LogP contribution in [-0.4, -0.2) is 8.79 Å². The minimum atomic E-state index is -1.70. The number of nitrogens with one attached hydrogen (secondary N) is 1. The fraction of sp³-hybridized carbons (Fsp3) is 0.333. The first kappa shape index (κ1) is 10.8. The monoisotopic (exact) mass is 265 g/mol. The summed E-state index contributed by atoms with van der Waals surface area (Å²) in [6.07, 6.45) is 4.78. The highest BCUT2D eigenvalue weighted by Crippen LogP contribution is 2.47. The lowest BCUT2D eigenvalue weighted by Crippen LogP contribution is -2.49. The first-order valence-electron chi connectivity index (χ1n) is 2.94. The lowest BCUT2D eigenvalue weighted by atomic mass is 10.2. The van der Waals surface area contributed by atoms with Crippen LogP contribution in [0.3, 0.4) is 0 Å². The molecule has 1 aliphatic rings. The third-order valence-electron chi connectivity index (χ3n) is 1.34. The van der Waals surface area contributed by atoms with Gasteiger partial charge in [-0.05, 0) is 18.4 Å². The Morgan fingerprint density at radius 1 is 1.33 bits per heavy atom. The third kappa shape index (κ3) is 1.80. The normalized spacial score (nSPS) is 29.6. The van der Waals surface area contributed by atoms with Gasteiger partial charge in [-0.25, -0.2) is 0 Å². The summed E-state index contributed by atoms with van der Waals surface area (Å²) in [7, 11) is 0. The molecule has 1 rings (SSSR count). The van der Waals surface area contributed by atoms with Gasteiger partial charge in [0.05, 0.1) is 5.03 Å². The van der Waals surface area contributed by atoms with Gasteiger partial charge in [0.1, 0.15) is 0 Å². The Morgan fingerprint density at radius 2 is 1.92 bits per heavy atom. The molecule has 1 heterocycles. The Hall–Kier alpha value is 0.730. The molecule has 0 saturated carbocycles. The van der Waals surface area contributed by atoms with Crippen molar-refractivity contribution < 1.29 is 0 Å². The van der Waals surface area contributed by atoms with E-state index >= 15 is 0 Å². The van der Waals surface area contributed by atoms with Gasteiger partial charge in [-0.2, -0.15) is 0 Å². The van der Waals surface area contributed by atoms with Gasteiger partial charge in [-0.3, -0.25) is 0 Å². The lowest BCUT2D eigenvalue weighted by molar-refractivity contribution is 0.624. The number of hydrogen-bond acceptors (Lipinski definition) is 1. The Bertz CT molecular complexity index is 241. The maximum atomic E-state index is 5.94. The van der Waals surface area contributed by atoms with Crippen molar-refractivity contribution >= 4 is 58.0 Å². The van der Waals surface area contributed by atoms with Gasteiger partial charge >= 0.3 is 0 Å². The van der Waals surface area contributed by atoms with Gasteiger partial charge in [0.25, 0.3) is 0 Å². The van der Waals surface area contributed by atoms with Gasteiger partial charge in [-0.15, -0.1) is 0 Å². The molecule has 1 N–H and O–H groups in total. The molecule has 0 saturated heterocycles. The minimum Gasteiger partial charge on any atom is -0.365 e. The molecule has 0 fully saturated rings. The number of hydrogen-bond donors (Lipinski definition) is 1. The molecule has 0 aromatic carbocycles. The van der Waals surface area contributed by atoms with Crippen LogP contribution in [-0.2, 0) is 0 Å². The van der Waals surface area contributed by atoms with E-state index in [1.54, 1.807) is 18.4 Å². The number of halogens is 5.